The Morgan fingerprint density at radius 1 is 1.03 bits per heavy atom. The minimum atomic E-state index is -0.322. The second kappa shape index (κ2) is 9.87. The van der Waals surface area contributed by atoms with Gasteiger partial charge in [-0.25, -0.2) is 0 Å². The Bertz CT molecular complexity index is 1180. The number of hydrogen-bond acceptors (Lipinski definition) is 5. The zero-order valence-corrected chi connectivity index (χ0v) is 19.2. The van der Waals surface area contributed by atoms with E-state index in [1.165, 1.54) is 17.3 Å². The lowest BCUT2D eigenvalue weighted by atomic mass is 10.1. The number of nitrogens with one attached hydrogen (secondary N) is 1. The molecule has 1 unspecified atom stereocenters. The van der Waals surface area contributed by atoms with Crippen molar-refractivity contribution in [2.45, 2.75) is 44.3 Å². The summed E-state index contributed by atoms with van der Waals surface area (Å²) in [4.78, 5) is 12.7. The lowest BCUT2D eigenvalue weighted by Gasteiger charge is -2.14. The van der Waals surface area contributed by atoms with Gasteiger partial charge in [-0.2, -0.15) is 0 Å². The zero-order chi connectivity index (χ0) is 22.5. The highest BCUT2D eigenvalue weighted by atomic mass is 32.2. The van der Waals surface area contributed by atoms with Crippen LogP contribution in [0.1, 0.15) is 29.4 Å². The molecule has 0 aliphatic heterocycles. The van der Waals surface area contributed by atoms with Crippen molar-refractivity contribution in [3.8, 4) is 11.4 Å². The van der Waals surface area contributed by atoms with Crippen molar-refractivity contribution >= 4 is 17.7 Å². The van der Waals surface area contributed by atoms with E-state index in [1.807, 2.05) is 73.9 Å². The summed E-state index contributed by atoms with van der Waals surface area (Å²) in [7, 11) is 0. The number of benzene rings is 2. The largest absolute Gasteiger partial charge is 0.469 e. The Balaban J connectivity index is 1.52. The van der Waals surface area contributed by atoms with Gasteiger partial charge in [-0.15, -0.1) is 10.2 Å². The molecular weight excluding hydrogens is 420 g/mol. The van der Waals surface area contributed by atoms with Gasteiger partial charge in [-0.05, 0) is 38.0 Å². The SMILES string of the molecule is Cc1ccc(CNC(=O)C(C)Sc2nnc(-c3ccoc3C)n2Cc2ccccc2)cc1. The van der Waals surface area contributed by atoms with E-state index in [2.05, 4.69) is 27.6 Å². The summed E-state index contributed by atoms with van der Waals surface area (Å²) in [6.07, 6.45) is 1.65. The van der Waals surface area contributed by atoms with E-state index in [0.717, 1.165) is 28.3 Å². The first-order valence-electron chi connectivity index (χ1n) is 10.5. The maximum Gasteiger partial charge on any atom is 0.233 e. The maximum absolute atomic E-state index is 12.7. The number of thioether (sulfide) groups is 1. The molecule has 1 amide bonds. The number of rotatable bonds is 8. The van der Waals surface area contributed by atoms with E-state index in [-0.39, 0.29) is 11.2 Å². The van der Waals surface area contributed by atoms with Crippen LogP contribution in [-0.4, -0.2) is 25.9 Å². The number of carbonyl (C=O) groups is 1. The van der Waals surface area contributed by atoms with Crippen molar-refractivity contribution in [2.75, 3.05) is 0 Å². The lowest BCUT2D eigenvalue weighted by Crippen LogP contribution is -2.30. The fourth-order valence-electron chi connectivity index (χ4n) is 3.35. The van der Waals surface area contributed by atoms with Crippen LogP contribution in [0.5, 0.6) is 0 Å². The average Bonchev–Trinajstić information content (AvgIpc) is 3.39. The number of carbonyl (C=O) groups excluding carboxylic acids is 1. The molecule has 2 aromatic carbocycles. The summed E-state index contributed by atoms with van der Waals surface area (Å²) in [5, 5.41) is 12.2. The molecule has 0 aliphatic rings. The summed E-state index contributed by atoms with van der Waals surface area (Å²) in [6, 6.07) is 20.2. The molecule has 0 aliphatic carbocycles. The van der Waals surface area contributed by atoms with Gasteiger partial charge in [0.15, 0.2) is 11.0 Å². The Morgan fingerprint density at radius 2 is 1.78 bits per heavy atom. The monoisotopic (exact) mass is 446 g/mol. The number of hydrogen-bond donors (Lipinski definition) is 1. The summed E-state index contributed by atoms with van der Waals surface area (Å²) in [5.74, 6) is 1.48. The highest BCUT2D eigenvalue weighted by molar-refractivity contribution is 8.00. The summed E-state index contributed by atoms with van der Waals surface area (Å²) in [5.41, 5.74) is 4.31. The van der Waals surface area contributed by atoms with Crippen LogP contribution in [0.3, 0.4) is 0 Å². The topological polar surface area (TPSA) is 73.0 Å². The lowest BCUT2D eigenvalue weighted by molar-refractivity contribution is -0.120. The normalized spacial score (nSPS) is 12.0. The standard InChI is InChI=1S/C25H26N4O2S/c1-17-9-11-20(12-10-17)15-26-24(30)19(3)32-25-28-27-23(22-13-14-31-18(22)2)29(25)16-21-7-5-4-6-8-21/h4-14,19H,15-16H2,1-3H3,(H,26,30). The fourth-order valence-corrected chi connectivity index (χ4v) is 4.22. The second-order valence-electron chi connectivity index (χ2n) is 7.73. The Labute approximate surface area is 192 Å². The van der Waals surface area contributed by atoms with Crippen molar-refractivity contribution in [1.82, 2.24) is 20.1 Å². The molecule has 0 spiro atoms. The minimum absolute atomic E-state index is 0.0362. The molecule has 6 nitrogen and oxygen atoms in total. The summed E-state index contributed by atoms with van der Waals surface area (Å²) < 4.78 is 7.53. The number of furan rings is 1. The third kappa shape index (κ3) is 5.11. The van der Waals surface area contributed by atoms with Crippen molar-refractivity contribution < 1.29 is 9.21 Å². The molecule has 32 heavy (non-hydrogen) atoms. The number of aromatic nitrogens is 3. The fraction of sp³-hybridized carbons (Fsp3) is 0.240. The van der Waals surface area contributed by atoms with Crippen LogP contribution in [0.25, 0.3) is 11.4 Å². The molecule has 0 fully saturated rings. The molecule has 4 aromatic rings. The molecule has 164 valence electrons. The molecule has 7 heteroatoms. The van der Waals surface area contributed by atoms with Gasteiger partial charge in [0.05, 0.1) is 23.6 Å². The van der Waals surface area contributed by atoms with Gasteiger partial charge in [0, 0.05) is 6.54 Å². The van der Waals surface area contributed by atoms with Crippen LogP contribution < -0.4 is 5.32 Å². The van der Waals surface area contributed by atoms with Gasteiger partial charge in [0.2, 0.25) is 5.91 Å². The van der Waals surface area contributed by atoms with Gasteiger partial charge < -0.3 is 9.73 Å². The number of aryl methyl sites for hydroxylation is 2. The number of amides is 1. The summed E-state index contributed by atoms with van der Waals surface area (Å²) in [6.45, 7) is 6.95. The first-order chi connectivity index (χ1) is 15.5. The van der Waals surface area contributed by atoms with E-state index in [9.17, 15) is 4.79 Å². The van der Waals surface area contributed by atoms with Crippen molar-refractivity contribution in [3.63, 3.8) is 0 Å². The first kappa shape index (κ1) is 21.9. The van der Waals surface area contributed by atoms with Gasteiger partial charge in [0.1, 0.15) is 5.76 Å². The van der Waals surface area contributed by atoms with Crippen molar-refractivity contribution in [2.24, 2.45) is 0 Å². The molecule has 0 radical (unpaired) electrons. The van der Waals surface area contributed by atoms with Crippen LogP contribution in [0.2, 0.25) is 0 Å². The van der Waals surface area contributed by atoms with Gasteiger partial charge >= 0.3 is 0 Å². The third-order valence-electron chi connectivity index (χ3n) is 5.24. The molecule has 2 heterocycles. The van der Waals surface area contributed by atoms with Gasteiger partial charge in [-0.1, -0.05) is 71.9 Å². The van der Waals surface area contributed by atoms with Gasteiger partial charge in [0.25, 0.3) is 0 Å². The molecule has 0 bridgehead atoms. The van der Waals surface area contributed by atoms with Crippen LogP contribution >= 0.6 is 11.8 Å². The molecule has 0 saturated carbocycles. The molecule has 0 saturated heterocycles. The van der Waals surface area contributed by atoms with Crippen LogP contribution in [0.15, 0.2) is 76.5 Å². The second-order valence-corrected chi connectivity index (χ2v) is 9.04. The smallest absolute Gasteiger partial charge is 0.233 e. The van der Waals surface area contributed by atoms with Crippen LogP contribution in [0.4, 0.5) is 0 Å². The highest BCUT2D eigenvalue weighted by Gasteiger charge is 2.22. The van der Waals surface area contributed by atoms with E-state index < -0.39 is 0 Å². The average molecular weight is 447 g/mol. The summed E-state index contributed by atoms with van der Waals surface area (Å²) >= 11 is 1.41. The predicted octanol–water partition coefficient (Wildman–Crippen LogP) is 5.00. The van der Waals surface area contributed by atoms with E-state index in [0.29, 0.717) is 18.2 Å². The van der Waals surface area contributed by atoms with Crippen LogP contribution in [0, 0.1) is 13.8 Å². The van der Waals surface area contributed by atoms with Crippen LogP contribution in [-0.2, 0) is 17.9 Å². The van der Waals surface area contributed by atoms with Crippen molar-refractivity contribution in [1.29, 1.82) is 0 Å². The minimum Gasteiger partial charge on any atom is -0.469 e. The molecule has 4 rings (SSSR count). The Kier molecular flexibility index (Phi) is 6.75. The van der Waals surface area contributed by atoms with Gasteiger partial charge in [-0.3, -0.25) is 9.36 Å². The quantitative estimate of drug-likeness (QED) is 0.386. The number of nitrogens with zero attached hydrogens (tertiary/aromatic N) is 3. The highest BCUT2D eigenvalue weighted by Crippen LogP contribution is 2.30. The Hall–Kier alpha value is -3.32. The molecule has 1 N–H and O–H groups in total. The maximum atomic E-state index is 12.7. The van der Waals surface area contributed by atoms with E-state index >= 15 is 0 Å². The first-order valence-corrected chi connectivity index (χ1v) is 11.4. The Morgan fingerprint density at radius 3 is 2.47 bits per heavy atom. The van der Waals surface area contributed by atoms with E-state index in [1.54, 1.807) is 6.26 Å². The van der Waals surface area contributed by atoms with Crippen molar-refractivity contribution in [3.05, 3.63) is 89.4 Å². The third-order valence-corrected chi connectivity index (χ3v) is 6.32. The molecular formula is C25H26N4O2S. The molecule has 1 atom stereocenters. The zero-order valence-electron chi connectivity index (χ0n) is 18.4. The molecule has 2 aromatic heterocycles. The van der Waals surface area contributed by atoms with E-state index in [4.69, 9.17) is 4.42 Å². The predicted molar refractivity (Wildman–Crippen MR) is 126 cm³/mol.